The minimum atomic E-state index is 0.124. The van der Waals surface area contributed by atoms with Crippen LogP contribution in [0.4, 0.5) is 0 Å². The van der Waals surface area contributed by atoms with E-state index in [-0.39, 0.29) is 3.42 Å². The molecule has 3 heteroatoms. The lowest BCUT2D eigenvalue weighted by molar-refractivity contribution is 0.709. The van der Waals surface area contributed by atoms with E-state index in [1.165, 1.54) is 27.8 Å². The monoisotopic (exact) mass is 427 g/mol. The third-order valence-corrected chi connectivity index (χ3v) is 4.19. The van der Waals surface area contributed by atoms with Crippen LogP contribution in [0.3, 0.4) is 0 Å². The number of nitrogens with zero attached hydrogens (tertiary/aromatic N) is 1. The minimum absolute atomic E-state index is 0.124. The molecule has 0 spiro atoms. The number of alkyl halides is 1. The minimum Gasteiger partial charge on any atom is -0.256 e. The highest BCUT2D eigenvalue weighted by molar-refractivity contribution is 14.1. The maximum absolute atomic E-state index is 4.83. The van der Waals surface area contributed by atoms with Crippen molar-refractivity contribution in [1.29, 1.82) is 0 Å². The average molecular weight is 427 g/mol. The summed E-state index contributed by atoms with van der Waals surface area (Å²) < 4.78 is 1.43. The number of pyridine rings is 1. The van der Waals surface area contributed by atoms with Crippen LogP contribution in [0.1, 0.15) is 45.0 Å². The van der Waals surface area contributed by atoms with E-state index >= 15 is 0 Å². The van der Waals surface area contributed by atoms with Crippen LogP contribution in [-0.2, 0) is 8.84 Å². The highest BCUT2D eigenvalue weighted by atomic mass is 127. The molecule has 1 nitrogen and oxygen atoms in total. The molecule has 0 saturated heterocycles. The zero-order valence-electron chi connectivity index (χ0n) is 9.27. The molecule has 0 atom stereocenters. The third-order valence-electron chi connectivity index (χ3n) is 3.02. The Morgan fingerprint density at radius 2 is 1.93 bits per heavy atom. The smallest absolute Gasteiger partial charge is 0.0586 e. The number of hydrogen-bond donors (Lipinski definition) is 0. The van der Waals surface area contributed by atoms with E-state index in [1.807, 2.05) is 0 Å². The van der Waals surface area contributed by atoms with E-state index in [4.69, 9.17) is 4.98 Å². The van der Waals surface area contributed by atoms with Gasteiger partial charge in [-0.1, -0.05) is 29.5 Å². The molecule has 1 saturated carbocycles. The Kier molecular flexibility index (Phi) is 3.08. The van der Waals surface area contributed by atoms with Crippen LogP contribution in [0.25, 0.3) is 0 Å². The summed E-state index contributed by atoms with van der Waals surface area (Å²) in [6.45, 7) is 6.74. The molecule has 15 heavy (non-hydrogen) atoms. The molecular formula is C12H15I2N. The summed E-state index contributed by atoms with van der Waals surface area (Å²) in [6, 6.07) is 4.43. The lowest BCUT2D eigenvalue weighted by Crippen LogP contribution is -2.14. The van der Waals surface area contributed by atoms with Gasteiger partial charge in [0.1, 0.15) is 0 Å². The van der Waals surface area contributed by atoms with Crippen LogP contribution in [0.15, 0.2) is 12.1 Å². The van der Waals surface area contributed by atoms with Crippen LogP contribution in [-0.4, -0.2) is 4.98 Å². The van der Waals surface area contributed by atoms with Crippen LogP contribution in [0, 0.1) is 3.57 Å². The van der Waals surface area contributed by atoms with Gasteiger partial charge in [-0.3, -0.25) is 4.98 Å². The van der Waals surface area contributed by atoms with Gasteiger partial charge < -0.3 is 0 Å². The molecule has 1 heterocycles. The second kappa shape index (κ2) is 3.82. The summed E-state index contributed by atoms with van der Waals surface area (Å²) in [6.07, 6.45) is 2.59. The third kappa shape index (κ3) is 2.65. The van der Waals surface area contributed by atoms with E-state index in [1.54, 1.807) is 0 Å². The second-order valence-corrected chi connectivity index (χ2v) is 9.03. The quantitative estimate of drug-likeness (QED) is 0.504. The Labute approximate surface area is 119 Å². The van der Waals surface area contributed by atoms with Crippen molar-refractivity contribution in [2.24, 2.45) is 0 Å². The fourth-order valence-electron chi connectivity index (χ4n) is 1.55. The zero-order chi connectivity index (χ0) is 11.3. The molecule has 2 rings (SSSR count). The van der Waals surface area contributed by atoms with Crippen molar-refractivity contribution in [2.45, 2.75) is 42.4 Å². The van der Waals surface area contributed by atoms with Gasteiger partial charge in [-0.25, -0.2) is 0 Å². The van der Waals surface area contributed by atoms with Gasteiger partial charge in [0.15, 0.2) is 0 Å². The van der Waals surface area contributed by atoms with Gasteiger partial charge in [-0.05, 0) is 61.4 Å². The van der Waals surface area contributed by atoms with Gasteiger partial charge in [0.2, 0.25) is 0 Å². The van der Waals surface area contributed by atoms with Gasteiger partial charge >= 0.3 is 0 Å². The Morgan fingerprint density at radius 3 is 2.40 bits per heavy atom. The summed E-state index contributed by atoms with van der Waals surface area (Å²) in [5, 5.41) is 0. The summed E-state index contributed by atoms with van der Waals surface area (Å²) in [7, 11) is 0. The first-order valence-electron chi connectivity index (χ1n) is 5.19. The van der Waals surface area contributed by atoms with Crippen molar-refractivity contribution in [3.63, 3.8) is 0 Å². The zero-order valence-corrected chi connectivity index (χ0v) is 13.6. The fourth-order valence-corrected chi connectivity index (χ4v) is 2.42. The van der Waals surface area contributed by atoms with E-state index < -0.39 is 0 Å². The largest absolute Gasteiger partial charge is 0.256 e. The number of rotatable bonds is 2. The van der Waals surface area contributed by atoms with E-state index in [0.717, 1.165) is 0 Å². The van der Waals surface area contributed by atoms with Gasteiger partial charge in [-0.15, -0.1) is 0 Å². The van der Waals surface area contributed by atoms with Crippen molar-refractivity contribution >= 4 is 45.2 Å². The lowest BCUT2D eigenvalue weighted by atomic mass is 10.0. The summed E-state index contributed by atoms with van der Waals surface area (Å²) in [5.74, 6) is 0. The molecule has 1 aliphatic rings. The standard InChI is InChI=1S/C12H15I2N/c1-11(2,14)9-6-8(13)7-10(15-9)12(3)4-5-12/h6-7H,4-5H2,1-3H3. The number of aromatic nitrogens is 1. The Hall–Kier alpha value is 0.610. The molecule has 0 amide bonds. The second-order valence-electron chi connectivity index (χ2n) is 5.09. The van der Waals surface area contributed by atoms with Crippen LogP contribution < -0.4 is 0 Å². The highest BCUT2D eigenvalue weighted by Gasteiger charge is 2.41. The topological polar surface area (TPSA) is 12.9 Å². The molecule has 1 aromatic rings. The molecule has 0 aromatic carbocycles. The van der Waals surface area contributed by atoms with Gasteiger partial charge in [0.05, 0.1) is 9.12 Å². The van der Waals surface area contributed by atoms with Crippen LogP contribution in [0.2, 0.25) is 0 Å². The highest BCUT2D eigenvalue weighted by Crippen LogP contribution is 2.47. The predicted octanol–water partition coefficient (Wildman–Crippen LogP) is 4.41. The summed E-state index contributed by atoms with van der Waals surface area (Å²) in [4.78, 5) is 4.83. The van der Waals surface area contributed by atoms with E-state index in [9.17, 15) is 0 Å². The lowest BCUT2D eigenvalue weighted by Gasteiger charge is -2.19. The van der Waals surface area contributed by atoms with Crippen LogP contribution in [0.5, 0.6) is 0 Å². The first kappa shape index (κ1) is 12.1. The number of halogens is 2. The Bertz CT molecular complexity index is 366. The molecule has 0 unspecified atom stereocenters. The van der Waals surface area contributed by atoms with Crippen molar-refractivity contribution < 1.29 is 0 Å². The molecule has 82 valence electrons. The maximum atomic E-state index is 4.83. The van der Waals surface area contributed by atoms with Crippen molar-refractivity contribution in [3.8, 4) is 0 Å². The van der Waals surface area contributed by atoms with Gasteiger partial charge in [0.25, 0.3) is 0 Å². The Balaban J connectivity index is 2.46. The van der Waals surface area contributed by atoms with Crippen molar-refractivity contribution in [1.82, 2.24) is 4.98 Å². The van der Waals surface area contributed by atoms with E-state index in [0.29, 0.717) is 5.41 Å². The van der Waals surface area contributed by atoms with Crippen molar-refractivity contribution in [2.75, 3.05) is 0 Å². The normalized spacial score (nSPS) is 19.0. The molecule has 0 bridgehead atoms. The van der Waals surface area contributed by atoms with Crippen LogP contribution >= 0.6 is 45.2 Å². The predicted molar refractivity (Wildman–Crippen MR) is 80.6 cm³/mol. The Morgan fingerprint density at radius 1 is 1.33 bits per heavy atom. The van der Waals surface area contributed by atoms with Gasteiger partial charge in [0, 0.05) is 14.7 Å². The molecule has 0 aliphatic heterocycles. The molecular weight excluding hydrogens is 412 g/mol. The maximum Gasteiger partial charge on any atom is 0.0586 e. The first-order chi connectivity index (χ1) is 6.81. The summed E-state index contributed by atoms with van der Waals surface area (Å²) in [5.41, 5.74) is 2.87. The first-order valence-corrected chi connectivity index (χ1v) is 7.34. The SMILES string of the molecule is CC(C)(I)c1cc(I)cc(C2(C)CC2)n1. The van der Waals surface area contributed by atoms with Gasteiger partial charge in [-0.2, -0.15) is 0 Å². The number of hydrogen-bond acceptors (Lipinski definition) is 1. The molecule has 1 aromatic heterocycles. The average Bonchev–Trinajstić information content (AvgIpc) is 2.82. The molecule has 0 N–H and O–H groups in total. The summed E-state index contributed by atoms with van der Waals surface area (Å²) >= 11 is 4.85. The molecule has 1 aliphatic carbocycles. The molecule has 0 radical (unpaired) electrons. The fraction of sp³-hybridized carbons (Fsp3) is 0.583. The molecule has 1 fully saturated rings. The van der Waals surface area contributed by atoms with Crippen molar-refractivity contribution in [3.05, 3.63) is 27.1 Å². The van der Waals surface area contributed by atoms with E-state index in [2.05, 4.69) is 78.1 Å².